The van der Waals surface area contributed by atoms with E-state index in [2.05, 4.69) is 23.7 Å². The summed E-state index contributed by atoms with van der Waals surface area (Å²) in [5.74, 6) is -0.602. The Labute approximate surface area is 200 Å². The average molecular weight is 458 g/mol. The summed E-state index contributed by atoms with van der Waals surface area (Å²) >= 11 is 0. The molecular weight excluding hydrogens is 426 g/mol. The Morgan fingerprint density at radius 2 is 1.44 bits per heavy atom. The van der Waals surface area contributed by atoms with Crippen molar-refractivity contribution in [1.82, 2.24) is 14.8 Å². The smallest absolute Gasteiger partial charge is 0.325 e. The first kappa shape index (κ1) is 23.5. The number of aromatic nitrogens is 1. The molecule has 3 aromatic rings. The molecule has 1 saturated heterocycles. The zero-order chi connectivity index (χ0) is 24.5. The van der Waals surface area contributed by atoms with E-state index in [9.17, 15) is 14.4 Å². The van der Waals surface area contributed by atoms with Gasteiger partial charge in [-0.05, 0) is 44.9 Å². The number of carbonyl (C=O) groups excluding carboxylic acids is 3. The molecule has 1 aliphatic rings. The molecule has 0 unspecified atom stereocenters. The van der Waals surface area contributed by atoms with Gasteiger partial charge in [0.25, 0.3) is 5.91 Å². The van der Waals surface area contributed by atoms with E-state index in [1.807, 2.05) is 80.6 Å². The Bertz CT molecular complexity index is 1170. The molecule has 176 valence electrons. The van der Waals surface area contributed by atoms with E-state index in [1.165, 1.54) is 0 Å². The Hall–Kier alpha value is -3.67. The maximum atomic E-state index is 13.8. The van der Waals surface area contributed by atoms with Crippen molar-refractivity contribution in [1.29, 1.82) is 0 Å². The van der Waals surface area contributed by atoms with Gasteiger partial charge in [0.15, 0.2) is 5.78 Å². The highest BCUT2D eigenvalue weighted by atomic mass is 16.2. The van der Waals surface area contributed by atoms with Gasteiger partial charge in [0.1, 0.15) is 5.54 Å². The Morgan fingerprint density at radius 3 is 1.91 bits per heavy atom. The molecule has 3 amide bonds. The average Bonchev–Trinajstić information content (AvgIpc) is 3.22. The highest BCUT2D eigenvalue weighted by Gasteiger charge is 2.51. The Balaban J connectivity index is 1.64. The van der Waals surface area contributed by atoms with Gasteiger partial charge >= 0.3 is 6.03 Å². The predicted octanol–water partition coefficient (Wildman–Crippen LogP) is 4.64. The SMILES string of the molecule is Cc1cc(C(=O)CN2C(=O)NC(Cc3ccccc3)(Cc3ccccc3)C2=O)c(C)n1C(C)C. The third-order valence-corrected chi connectivity index (χ3v) is 6.55. The van der Waals surface area contributed by atoms with E-state index in [4.69, 9.17) is 0 Å². The molecule has 0 radical (unpaired) electrons. The Kier molecular flexibility index (Phi) is 6.42. The first-order valence-corrected chi connectivity index (χ1v) is 11.7. The number of hydrogen-bond donors (Lipinski definition) is 1. The summed E-state index contributed by atoms with van der Waals surface area (Å²) in [6, 6.07) is 20.8. The number of urea groups is 1. The van der Waals surface area contributed by atoms with Gasteiger partial charge in [0.2, 0.25) is 0 Å². The van der Waals surface area contributed by atoms with E-state index in [1.54, 1.807) is 0 Å². The second kappa shape index (κ2) is 9.29. The van der Waals surface area contributed by atoms with Crippen LogP contribution in [0.3, 0.4) is 0 Å². The van der Waals surface area contributed by atoms with Gasteiger partial charge in [0, 0.05) is 35.8 Å². The van der Waals surface area contributed by atoms with Crippen molar-refractivity contribution >= 4 is 17.7 Å². The zero-order valence-corrected chi connectivity index (χ0v) is 20.2. The lowest BCUT2D eigenvalue weighted by atomic mass is 9.84. The van der Waals surface area contributed by atoms with Crippen LogP contribution < -0.4 is 5.32 Å². The molecule has 2 heterocycles. The molecule has 1 N–H and O–H groups in total. The fourth-order valence-electron chi connectivity index (χ4n) is 5.09. The lowest BCUT2D eigenvalue weighted by Crippen LogP contribution is -2.51. The van der Waals surface area contributed by atoms with Crippen LogP contribution in [0.25, 0.3) is 0 Å². The molecule has 4 rings (SSSR count). The third kappa shape index (κ3) is 4.40. The largest absolute Gasteiger partial charge is 0.346 e. The Morgan fingerprint density at radius 1 is 0.912 bits per heavy atom. The van der Waals surface area contributed by atoms with Crippen LogP contribution in [0, 0.1) is 13.8 Å². The summed E-state index contributed by atoms with van der Waals surface area (Å²) in [5.41, 5.74) is 3.13. The molecule has 1 fully saturated rings. The first-order chi connectivity index (χ1) is 16.2. The summed E-state index contributed by atoms with van der Waals surface area (Å²) in [6.45, 7) is 7.71. The van der Waals surface area contributed by atoms with Gasteiger partial charge in [-0.25, -0.2) is 4.79 Å². The second-order valence-electron chi connectivity index (χ2n) is 9.40. The minimum Gasteiger partial charge on any atom is -0.346 e. The molecule has 1 aliphatic heterocycles. The van der Waals surface area contributed by atoms with Gasteiger partial charge in [-0.1, -0.05) is 60.7 Å². The molecular formula is C28H31N3O3. The van der Waals surface area contributed by atoms with Crippen LogP contribution in [-0.4, -0.2) is 39.3 Å². The van der Waals surface area contributed by atoms with Gasteiger partial charge in [-0.3, -0.25) is 14.5 Å². The number of amides is 3. The topological polar surface area (TPSA) is 71.4 Å². The van der Waals surface area contributed by atoms with Crippen molar-refractivity contribution in [2.24, 2.45) is 0 Å². The van der Waals surface area contributed by atoms with Gasteiger partial charge in [-0.2, -0.15) is 0 Å². The number of Topliss-reactive ketones (excluding diaryl/α,β-unsaturated/α-hetero) is 1. The van der Waals surface area contributed by atoms with Crippen LogP contribution >= 0.6 is 0 Å². The summed E-state index contributed by atoms with van der Waals surface area (Å²) in [5, 5.41) is 2.95. The van der Waals surface area contributed by atoms with Crippen molar-refractivity contribution in [2.75, 3.05) is 6.54 Å². The van der Waals surface area contributed by atoms with E-state index < -0.39 is 11.6 Å². The molecule has 0 spiro atoms. The quantitative estimate of drug-likeness (QED) is 0.396. The highest BCUT2D eigenvalue weighted by Crippen LogP contribution is 2.28. The number of imide groups is 1. The van der Waals surface area contributed by atoms with E-state index >= 15 is 0 Å². The molecule has 6 nitrogen and oxygen atoms in total. The predicted molar refractivity (Wildman–Crippen MR) is 132 cm³/mol. The van der Waals surface area contributed by atoms with Gasteiger partial charge in [0.05, 0.1) is 6.54 Å². The number of rotatable bonds is 8. The van der Waals surface area contributed by atoms with Crippen molar-refractivity contribution < 1.29 is 14.4 Å². The number of aryl methyl sites for hydroxylation is 1. The summed E-state index contributed by atoms with van der Waals surface area (Å²) in [4.78, 5) is 41.1. The zero-order valence-electron chi connectivity index (χ0n) is 20.2. The van der Waals surface area contributed by atoms with E-state index in [0.29, 0.717) is 18.4 Å². The number of nitrogens with zero attached hydrogens (tertiary/aromatic N) is 2. The molecule has 1 aromatic heterocycles. The number of nitrogens with one attached hydrogen (secondary N) is 1. The summed E-state index contributed by atoms with van der Waals surface area (Å²) < 4.78 is 2.09. The monoisotopic (exact) mass is 457 g/mol. The fraction of sp³-hybridized carbons (Fsp3) is 0.321. The van der Waals surface area contributed by atoms with Crippen LogP contribution in [0.15, 0.2) is 66.7 Å². The number of carbonyl (C=O) groups is 3. The molecule has 34 heavy (non-hydrogen) atoms. The molecule has 2 aromatic carbocycles. The lowest BCUT2D eigenvalue weighted by molar-refractivity contribution is -0.131. The van der Waals surface area contributed by atoms with E-state index in [0.717, 1.165) is 27.4 Å². The number of ketones is 1. The molecule has 6 heteroatoms. The van der Waals surface area contributed by atoms with Crippen LogP contribution in [0.5, 0.6) is 0 Å². The third-order valence-electron chi connectivity index (χ3n) is 6.55. The minimum absolute atomic E-state index is 0.211. The van der Waals surface area contributed by atoms with Gasteiger partial charge < -0.3 is 9.88 Å². The summed E-state index contributed by atoms with van der Waals surface area (Å²) in [6.07, 6.45) is 0.694. The highest BCUT2D eigenvalue weighted by molar-refractivity contribution is 6.11. The molecule has 0 aliphatic carbocycles. The van der Waals surface area contributed by atoms with Crippen molar-refractivity contribution in [3.63, 3.8) is 0 Å². The summed E-state index contributed by atoms with van der Waals surface area (Å²) in [7, 11) is 0. The van der Waals surface area contributed by atoms with Crippen LogP contribution in [0.1, 0.15) is 52.8 Å². The van der Waals surface area contributed by atoms with Crippen molar-refractivity contribution in [2.45, 2.75) is 52.1 Å². The molecule has 0 saturated carbocycles. The van der Waals surface area contributed by atoms with Crippen LogP contribution in [0.2, 0.25) is 0 Å². The normalized spacial score (nSPS) is 15.1. The maximum absolute atomic E-state index is 13.8. The second-order valence-corrected chi connectivity index (χ2v) is 9.40. The number of hydrogen-bond acceptors (Lipinski definition) is 3. The number of benzene rings is 2. The van der Waals surface area contributed by atoms with Crippen molar-refractivity contribution in [3.8, 4) is 0 Å². The fourth-order valence-corrected chi connectivity index (χ4v) is 5.09. The van der Waals surface area contributed by atoms with Gasteiger partial charge in [-0.15, -0.1) is 0 Å². The maximum Gasteiger partial charge on any atom is 0.325 e. The van der Waals surface area contributed by atoms with Crippen LogP contribution in [-0.2, 0) is 17.6 Å². The van der Waals surface area contributed by atoms with E-state index in [-0.39, 0.29) is 24.3 Å². The van der Waals surface area contributed by atoms with Crippen LogP contribution in [0.4, 0.5) is 4.79 Å². The van der Waals surface area contributed by atoms with Crippen molar-refractivity contribution in [3.05, 3.63) is 94.8 Å². The first-order valence-electron chi connectivity index (χ1n) is 11.7. The minimum atomic E-state index is -1.14. The molecule has 0 bridgehead atoms. The standard InChI is InChI=1S/C28H31N3O3/c1-19(2)31-20(3)15-24(21(31)4)25(32)18-30-26(33)28(29-27(30)34,16-22-11-7-5-8-12-22)17-23-13-9-6-10-14-23/h5-15,19H,16-18H2,1-4H3,(H,29,34). The molecule has 0 atom stereocenters. The lowest BCUT2D eigenvalue weighted by Gasteiger charge is -2.27.